The van der Waals surface area contributed by atoms with Crippen molar-refractivity contribution in [2.24, 2.45) is 45.7 Å². The minimum absolute atomic E-state index is 0.00195. The van der Waals surface area contributed by atoms with Crippen LogP contribution in [0.25, 0.3) is 0 Å². The summed E-state index contributed by atoms with van der Waals surface area (Å²) in [6.07, 6.45) is 10.2. The van der Waals surface area contributed by atoms with Gasteiger partial charge in [0.05, 0.1) is 0 Å². The van der Waals surface area contributed by atoms with Crippen LogP contribution in [0.4, 0.5) is 0 Å². The van der Waals surface area contributed by atoms with Gasteiger partial charge in [-0.05, 0) is 79.6 Å². The summed E-state index contributed by atoms with van der Waals surface area (Å²) in [5, 5.41) is 0. The van der Waals surface area contributed by atoms with Gasteiger partial charge in [-0.3, -0.25) is 4.79 Å². The molecule has 0 aromatic rings. The molecular formula is C24H35NO3. The minimum Gasteiger partial charge on any atom is -0.454 e. The monoisotopic (exact) mass is 385 g/mol. The van der Waals surface area contributed by atoms with Gasteiger partial charge in [0, 0.05) is 17.8 Å². The van der Waals surface area contributed by atoms with E-state index in [9.17, 15) is 9.59 Å². The quantitative estimate of drug-likeness (QED) is 0.696. The van der Waals surface area contributed by atoms with Gasteiger partial charge in [-0.15, -0.1) is 0 Å². The number of rotatable bonds is 2. The summed E-state index contributed by atoms with van der Waals surface area (Å²) < 4.78 is 5.95. The summed E-state index contributed by atoms with van der Waals surface area (Å²) in [5.41, 5.74) is 6.16. The zero-order valence-corrected chi connectivity index (χ0v) is 17.8. The third-order valence-corrected chi connectivity index (χ3v) is 8.53. The number of hydrogen-bond acceptors (Lipinski definition) is 3. The van der Waals surface area contributed by atoms with E-state index in [-0.39, 0.29) is 28.1 Å². The fraction of sp³-hybridized carbons (Fsp3) is 0.792. The van der Waals surface area contributed by atoms with Gasteiger partial charge in [0.25, 0.3) is 0 Å². The maximum Gasteiger partial charge on any atom is 0.221 e. The number of amides is 1. The Hall–Kier alpha value is -1.54. The Labute approximate surface area is 169 Å². The lowest BCUT2D eigenvalue weighted by Crippen LogP contribution is -2.53. The lowest BCUT2D eigenvalue weighted by molar-refractivity contribution is -0.133. The number of carbonyl (C=O) groups is 1. The van der Waals surface area contributed by atoms with E-state index in [0.29, 0.717) is 29.9 Å². The van der Waals surface area contributed by atoms with Crippen molar-refractivity contribution in [3.05, 3.63) is 17.6 Å². The average Bonchev–Trinajstić information content (AvgIpc) is 2.98. The van der Waals surface area contributed by atoms with Crippen molar-refractivity contribution in [1.82, 2.24) is 0 Å². The number of ether oxygens (including phenoxy) is 1. The minimum atomic E-state index is -0.0924. The van der Waals surface area contributed by atoms with Gasteiger partial charge in [-0.1, -0.05) is 27.7 Å². The summed E-state index contributed by atoms with van der Waals surface area (Å²) in [6, 6.07) is 0. The maximum absolute atomic E-state index is 12.4. The Balaban J connectivity index is 1.71. The van der Waals surface area contributed by atoms with Gasteiger partial charge >= 0.3 is 0 Å². The van der Waals surface area contributed by atoms with Gasteiger partial charge < -0.3 is 10.5 Å². The normalized spacial score (nSPS) is 42.4. The van der Waals surface area contributed by atoms with Gasteiger partial charge in [0.15, 0.2) is 11.7 Å². The molecule has 3 fully saturated rings. The van der Waals surface area contributed by atoms with Crippen LogP contribution in [0.3, 0.4) is 0 Å². The van der Waals surface area contributed by atoms with Crippen LogP contribution in [0.15, 0.2) is 17.6 Å². The van der Waals surface area contributed by atoms with E-state index >= 15 is 0 Å². The molecule has 4 nitrogen and oxygen atoms in total. The van der Waals surface area contributed by atoms with E-state index in [1.54, 1.807) is 0 Å². The van der Waals surface area contributed by atoms with Gasteiger partial charge in [0.1, 0.15) is 5.76 Å². The third-order valence-electron chi connectivity index (χ3n) is 8.53. The fourth-order valence-electron chi connectivity index (χ4n) is 7.73. The molecule has 4 rings (SSSR count). The van der Waals surface area contributed by atoms with Crippen LogP contribution >= 0.6 is 0 Å². The number of hydrogen-bond donors (Lipinski definition) is 1. The predicted octanol–water partition coefficient (Wildman–Crippen LogP) is 4.77. The molecule has 2 saturated carbocycles. The molecule has 0 unspecified atom stereocenters. The highest BCUT2D eigenvalue weighted by molar-refractivity contribution is 5.78. The first-order chi connectivity index (χ1) is 13.1. The smallest absolute Gasteiger partial charge is 0.221 e. The largest absolute Gasteiger partial charge is 0.454 e. The molecule has 2 N–H and O–H groups in total. The number of allylic oxidation sites excluding steroid dienone is 3. The zero-order valence-electron chi connectivity index (χ0n) is 17.8. The van der Waals surface area contributed by atoms with Crippen LogP contribution in [-0.4, -0.2) is 11.8 Å². The fourth-order valence-corrected chi connectivity index (χ4v) is 7.73. The number of primary amides is 1. The Morgan fingerprint density at radius 1 is 1.25 bits per heavy atom. The Kier molecular flexibility index (Phi) is 4.58. The molecule has 0 spiro atoms. The average molecular weight is 386 g/mol. The number of carbonyl (C=O) groups excluding carboxylic acids is 2. The molecule has 3 aliphatic carbocycles. The lowest BCUT2D eigenvalue weighted by atomic mass is 9.47. The van der Waals surface area contributed by atoms with Crippen molar-refractivity contribution in [1.29, 1.82) is 0 Å². The van der Waals surface area contributed by atoms with Crippen LogP contribution in [0.1, 0.15) is 79.1 Å². The predicted molar refractivity (Wildman–Crippen MR) is 108 cm³/mol. The van der Waals surface area contributed by atoms with Gasteiger partial charge in [-0.2, -0.15) is 0 Å². The second kappa shape index (κ2) is 6.49. The second-order valence-corrected chi connectivity index (χ2v) is 11.3. The number of nitrogens with two attached hydrogens (primary N) is 1. The summed E-state index contributed by atoms with van der Waals surface area (Å²) in [7, 11) is 0. The van der Waals surface area contributed by atoms with E-state index in [0.717, 1.165) is 50.7 Å². The van der Waals surface area contributed by atoms with Crippen molar-refractivity contribution in [3.8, 4) is 0 Å². The van der Waals surface area contributed by atoms with Crippen LogP contribution < -0.4 is 5.73 Å². The van der Waals surface area contributed by atoms with E-state index in [4.69, 9.17) is 10.5 Å². The summed E-state index contributed by atoms with van der Waals surface area (Å²) >= 11 is 0. The molecule has 4 heteroatoms. The highest BCUT2D eigenvalue weighted by Crippen LogP contribution is 2.68. The zero-order chi connectivity index (χ0) is 20.3. The third kappa shape index (κ3) is 2.87. The van der Waals surface area contributed by atoms with Gasteiger partial charge in [0.2, 0.25) is 5.91 Å². The Morgan fingerprint density at radius 2 is 2.00 bits per heavy atom. The van der Waals surface area contributed by atoms with Crippen molar-refractivity contribution in [2.75, 3.05) is 0 Å². The molecular weight excluding hydrogens is 350 g/mol. The first kappa shape index (κ1) is 19.8. The van der Waals surface area contributed by atoms with Crippen LogP contribution in [0.2, 0.25) is 0 Å². The molecule has 0 aromatic carbocycles. The van der Waals surface area contributed by atoms with E-state index in [2.05, 4.69) is 33.8 Å². The molecule has 4 aliphatic rings. The second-order valence-electron chi connectivity index (χ2n) is 11.3. The molecule has 28 heavy (non-hydrogen) atoms. The number of fused-ring (bicyclic) bond motifs is 5. The summed E-state index contributed by atoms with van der Waals surface area (Å²) in [6.45, 7) is 9.21. The molecule has 6 atom stereocenters. The molecule has 1 amide bonds. The molecule has 0 radical (unpaired) electrons. The summed E-state index contributed by atoms with van der Waals surface area (Å²) in [4.78, 5) is 23.5. The molecule has 0 bridgehead atoms. The van der Waals surface area contributed by atoms with Crippen LogP contribution in [0, 0.1) is 39.9 Å². The molecule has 1 saturated heterocycles. The SMILES string of the molecule is CC(C)(C)C[C@]12CC[C@H]3[C@@H](CC=C4OC(=C=O)CC[C@@]43C)[C@@H]1CC[C@@H]2C(N)=O. The molecule has 1 heterocycles. The molecule has 0 aromatic heterocycles. The Morgan fingerprint density at radius 3 is 2.64 bits per heavy atom. The van der Waals surface area contributed by atoms with Crippen molar-refractivity contribution >= 4 is 11.8 Å². The van der Waals surface area contributed by atoms with Crippen molar-refractivity contribution in [2.45, 2.75) is 79.1 Å². The summed E-state index contributed by atoms with van der Waals surface area (Å²) in [5.74, 6) is 5.03. The molecule has 154 valence electrons. The van der Waals surface area contributed by atoms with E-state index in [1.165, 1.54) is 0 Å². The highest BCUT2D eigenvalue weighted by atomic mass is 16.5. The van der Waals surface area contributed by atoms with Crippen molar-refractivity contribution in [3.63, 3.8) is 0 Å². The van der Waals surface area contributed by atoms with Crippen molar-refractivity contribution < 1.29 is 14.3 Å². The van der Waals surface area contributed by atoms with E-state index in [1.807, 2.05) is 5.94 Å². The first-order valence-corrected chi connectivity index (χ1v) is 11.0. The standard InChI is InChI=1S/C24H35NO3/c1-22(2,3)14-24-12-10-17-16(18(24)6-7-19(24)21(25)27)5-8-20-23(17,4)11-9-15(13-26)28-20/h8,16-19H,5-7,9-12,14H2,1-4H3,(H2,25,27)/t16-,17+,18+,19-,23-,24-/m1/s1. The highest BCUT2D eigenvalue weighted by Gasteiger charge is 2.62. The van der Waals surface area contributed by atoms with E-state index < -0.39 is 0 Å². The topological polar surface area (TPSA) is 69.4 Å². The van der Waals surface area contributed by atoms with Crippen LogP contribution in [0.5, 0.6) is 0 Å². The first-order valence-electron chi connectivity index (χ1n) is 11.0. The molecule has 1 aliphatic heterocycles. The maximum atomic E-state index is 12.4. The lowest BCUT2D eigenvalue weighted by Gasteiger charge is -2.58. The van der Waals surface area contributed by atoms with Crippen LogP contribution in [-0.2, 0) is 14.3 Å². The van der Waals surface area contributed by atoms with Gasteiger partial charge in [-0.25, -0.2) is 4.79 Å². The Bertz CT molecular complexity index is 756.